The molecule has 3 N–H and O–H groups in total. The van der Waals surface area contributed by atoms with Crippen molar-refractivity contribution in [3.05, 3.63) is 65.4 Å². The Hall–Kier alpha value is -2.73. The number of carboxylic acids is 1. The molecule has 0 aliphatic heterocycles. The number of aliphatic carboxylic acids is 1. The summed E-state index contributed by atoms with van der Waals surface area (Å²) in [5, 5.41) is 13.2. The Morgan fingerprint density at radius 3 is 2.61 bits per heavy atom. The van der Waals surface area contributed by atoms with E-state index in [9.17, 15) is 14.7 Å². The number of benzene rings is 2. The molecule has 1 atom stereocenters. The molecule has 5 nitrogen and oxygen atoms in total. The Bertz CT molecular complexity index is 979. The van der Waals surface area contributed by atoms with Crippen molar-refractivity contribution in [1.29, 1.82) is 0 Å². The van der Waals surface area contributed by atoms with E-state index < -0.39 is 12.0 Å². The van der Waals surface area contributed by atoms with Crippen molar-refractivity contribution in [3.8, 4) is 0 Å². The number of thioether (sulfide) groups is 1. The number of hydrogen-bond acceptors (Lipinski definition) is 3. The fourth-order valence-corrected chi connectivity index (χ4v) is 3.69. The second-order valence-electron chi connectivity index (χ2n) is 6.85. The zero-order valence-corrected chi connectivity index (χ0v) is 16.8. The fourth-order valence-electron chi connectivity index (χ4n) is 3.28. The number of carbonyl (C=O) groups is 2. The van der Waals surface area contributed by atoms with Gasteiger partial charge in [0.1, 0.15) is 0 Å². The molecule has 1 aromatic heterocycles. The molecule has 0 spiro atoms. The van der Waals surface area contributed by atoms with Crippen molar-refractivity contribution in [2.24, 2.45) is 0 Å². The van der Waals surface area contributed by atoms with E-state index in [0.29, 0.717) is 12.8 Å². The lowest BCUT2D eigenvalue weighted by atomic mass is 10.0. The van der Waals surface area contributed by atoms with Gasteiger partial charge in [-0.2, -0.15) is 0 Å². The van der Waals surface area contributed by atoms with Gasteiger partial charge in [0.2, 0.25) is 5.91 Å². The maximum Gasteiger partial charge on any atom is 0.305 e. The first-order valence-corrected chi connectivity index (χ1v) is 10.4. The van der Waals surface area contributed by atoms with E-state index in [1.54, 1.807) is 11.8 Å². The minimum atomic E-state index is -0.939. The molecular formula is C22H24N2O3S. The highest BCUT2D eigenvalue weighted by Gasteiger charge is 2.18. The van der Waals surface area contributed by atoms with Gasteiger partial charge in [-0.3, -0.25) is 9.59 Å². The Morgan fingerprint density at radius 2 is 1.93 bits per heavy atom. The maximum atomic E-state index is 12.5. The number of carboxylic acid groups (broad SMARTS) is 1. The highest BCUT2D eigenvalue weighted by molar-refractivity contribution is 7.98. The van der Waals surface area contributed by atoms with Crippen LogP contribution in [0.15, 0.2) is 53.6 Å². The zero-order chi connectivity index (χ0) is 20.1. The third kappa shape index (κ3) is 4.95. The van der Waals surface area contributed by atoms with E-state index in [1.165, 1.54) is 5.56 Å². The third-order valence-corrected chi connectivity index (χ3v) is 5.52. The van der Waals surface area contributed by atoms with Crippen LogP contribution in [0.2, 0.25) is 0 Å². The number of H-pyrrole nitrogens is 1. The molecule has 1 amide bonds. The quantitative estimate of drug-likeness (QED) is 0.491. The summed E-state index contributed by atoms with van der Waals surface area (Å²) in [6.07, 6.45) is 4.68. The Kier molecular flexibility index (Phi) is 6.41. The van der Waals surface area contributed by atoms with Crippen LogP contribution in [0.4, 0.5) is 0 Å². The lowest BCUT2D eigenvalue weighted by molar-refractivity contribution is -0.137. The lowest BCUT2D eigenvalue weighted by Crippen LogP contribution is -2.30. The topological polar surface area (TPSA) is 82.2 Å². The molecule has 1 heterocycles. The average molecular weight is 397 g/mol. The predicted octanol–water partition coefficient (Wildman–Crippen LogP) is 4.46. The van der Waals surface area contributed by atoms with Crippen molar-refractivity contribution in [2.75, 3.05) is 6.26 Å². The van der Waals surface area contributed by atoms with E-state index in [1.807, 2.05) is 55.8 Å². The maximum absolute atomic E-state index is 12.5. The first-order chi connectivity index (χ1) is 13.5. The van der Waals surface area contributed by atoms with E-state index in [-0.39, 0.29) is 12.3 Å². The van der Waals surface area contributed by atoms with Crippen molar-refractivity contribution >= 4 is 34.5 Å². The van der Waals surface area contributed by atoms with Gasteiger partial charge in [0, 0.05) is 28.4 Å². The molecule has 0 saturated heterocycles. The van der Waals surface area contributed by atoms with Crippen LogP contribution >= 0.6 is 11.8 Å². The van der Waals surface area contributed by atoms with E-state index in [0.717, 1.165) is 26.9 Å². The normalized spacial score (nSPS) is 12.1. The van der Waals surface area contributed by atoms with E-state index in [4.69, 9.17) is 0 Å². The summed E-state index contributed by atoms with van der Waals surface area (Å²) in [4.78, 5) is 28.1. The number of hydrogen-bond donors (Lipinski definition) is 3. The fraction of sp³-hybridized carbons (Fsp3) is 0.273. The Morgan fingerprint density at radius 1 is 1.18 bits per heavy atom. The summed E-state index contributed by atoms with van der Waals surface area (Å²) in [5.74, 6) is -1.09. The van der Waals surface area contributed by atoms with Crippen LogP contribution in [0.3, 0.4) is 0 Å². The van der Waals surface area contributed by atoms with E-state index in [2.05, 4.69) is 16.4 Å². The van der Waals surface area contributed by atoms with Gasteiger partial charge < -0.3 is 15.4 Å². The molecule has 0 aliphatic carbocycles. The second-order valence-corrected chi connectivity index (χ2v) is 7.73. The van der Waals surface area contributed by atoms with Crippen LogP contribution in [0, 0.1) is 6.92 Å². The minimum Gasteiger partial charge on any atom is -0.481 e. The number of nitrogens with one attached hydrogen (secondary N) is 2. The molecule has 0 saturated carbocycles. The average Bonchev–Trinajstić information content (AvgIpc) is 3.07. The van der Waals surface area contributed by atoms with Gasteiger partial charge in [0.05, 0.1) is 12.5 Å². The number of amides is 1. The predicted molar refractivity (Wildman–Crippen MR) is 113 cm³/mol. The van der Waals surface area contributed by atoms with Crippen LogP contribution in [0.25, 0.3) is 10.9 Å². The van der Waals surface area contributed by atoms with Crippen molar-refractivity contribution in [3.63, 3.8) is 0 Å². The van der Waals surface area contributed by atoms with Crippen molar-refractivity contribution in [2.45, 2.75) is 37.1 Å². The number of aromatic amines is 1. The van der Waals surface area contributed by atoms with Gasteiger partial charge in [-0.1, -0.05) is 23.8 Å². The number of aromatic nitrogens is 1. The molecule has 1 unspecified atom stereocenters. The number of carbonyl (C=O) groups excluding carboxylic acids is 1. The number of aryl methyl sites for hydroxylation is 2. The Balaban J connectivity index is 1.67. The van der Waals surface area contributed by atoms with Gasteiger partial charge in [0.15, 0.2) is 0 Å². The summed E-state index contributed by atoms with van der Waals surface area (Å²) in [5.41, 5.74) is 4.12. The highest BCUT2D eigenvalue weighted by Crippen LogP contribution is 2.23. The second kappa shape index (κ2) is 8.97. The number of rotatable bonds is 8. The molecule has 3 rings (SSSR count). The molecule has 6 heteroatoms. The molecule has 0 radical (unpaired) electrons. The smallest absolute Gasteiger partial charge is 0.305 e. The third-order valence-electron chi connectivity index (χ3n) is 4.78. The summed E-state index contributed by atoms with van der Waals surface area (Å²) < 4.78 is 0. The lowest BCUT2D eigenvalue weighted by Gasteiger charge is -2.18. The van der Waals surface area contributed by atoms with E-state index >= 15 is 0 Å². The van der Waals surface area contributed by atoms with Gasteiger partial charge in [-0.25, -0.2) is 0 Å². The van der Waals surface area contributed by atoms with Crippen molar-refractivity contribution < 1.29 is 14.7 Å². The van der Waals surface area contributed by atoms with Crippen LogP contribution in [-0.2, 0) is 16.0 Å². The monoisotopic (exact) mass is 396 g/mol. The standard InChI is InChI=1S/C22H24N2O3S/c1-14-3-9-19-18(11-14)16(13-23-19)6-10-21(25)24-20(12-22(26)27)15-4-7-17(28-2)8-5-15/h3-5,7-9,11,13,20,23H,6,10,12H2,1-2H3,(H,24,25)(H,26,27). The molecule has 2 aromatic carbocycles. The molecule has 28 heavy (non-hydrogen) atoms. The SMILES string of the molecule is CSc1ccc(C(CC(=O)O)NC(=O)CCc2c[nH]c3ccc(C)cc23)cc1. The first-order valence-electron chi connectivity index (χ1n) is 9.18. The van der Waals surface area contributed by atoms with Gasteiger partial charge in [-0.05, 0) is 55.0 Å². The largest absolute Gasteiger partial charge is 0.481 e. The molecular weight excluding hydrogens is 372 g/mol. The molecule has 0 aliphatic rings. The minimum absolute atomic E-state index is 0.142. The zero-order valence-electron chi connectivity index (χ0n) is 16.0. The summed E-state index contributed by atoms with van der Waals surface area (Å²) in [6, 6.07) is 13.3. The van der Waals surface area contributed by atoms with Crippen LogP contribution in [0.1, 0.15) is 35.6 Å². The van der Waals surface area contributed by atoms with Gasteiger partial charge in [-0.15, -0.1) is 11.8 Å². The molecule has 0 fully saturated rings. The molecule has 146 valence electrons. The molecule has 0 bridgehead atoms. The highest BCUT2D eigenvalue weighted by atomic mass is 32.2. The summed E-state index contributed by atoms with van der Waals surface area (Å²) >= 11 is 1.62. The Labute approximate surface area is 168 Å². The summed E-state index contributed by atoms with van der Waals surface area (Å²) in [7, 11) is 0. The first kappa shape index (κ1) is 20.0. The van der Waals surface area contributed by atoms with Crippen LogP contribution < -0.4 is 5.32 Å². The summed E-state index contributed by atoms with van der Waals surface area (Å²) in [6.45, 7) is 2.04. The van der Waals surface area contributed by atoms with Crippen LogP contribution in [-0.4, -0.2) is 28.2 Å². The van der Waals surface area contributed by atoms with Crippen LogP contribution in [0.5, 0.6) is 0 Å². The van der Waals surface area contributed by atoms with Gasteiger partial charge >= 0.3 is 5.97 Å². The number of fused-ring (bicyclic) bond motifs is 1. The molecule has 3 aromatic rings. The van der Waals surface area contributed by atoms with Gasteiger partial charge in [0.25, 0.3) is 0 Å². The van der Waals surface area contributed by atoms with Crippen molar-refractivity contribution in [1.82, 2.24) is 10.3 Å².